The normalized spacial score (nSPS) is 10.7. The zero-order valence-electron chi connectivity index (χ0n) is 13.8. The van der Waals surface area contributed by atoms with Crippen molar-refractivity contribution in [2.75, 3.05) is 16.4 Å². The molecule has 0 aliphatic heterocycles. The van der Waals surface area contributed by atoms with Crippen LogP contribution in [0.2, 0.25) is 0 Å². The SMILES string of the molecule is Cc1ccc(NC(=O)CSc2nnc(NC(=O)CC(C)C)s2)cc1. The minimum Gasteiger partial charge on any atom is -0.325 e. The summed E-state index contributed by atoms with van der Waals surface area (Å²) in [7, 11) is 0. The number of benzene rings is 1. The Morgan fingerprint density at radius 2 is 1.83 bits per heavy atom. The number of anilines is 2. The maximum atomic E-state index is 11.9. The highest BCUT2D eigenvalue weighted by Crippen LogP contribution is 2.25. The Morgan fingerprint density at radius 3 is 2.50 bits per heavy atom. The molecule has 0 aliphatic rings. The highest BCUT2D eigenvalue weighted by Gasteiger charge is 2.11. The molecule has 0 saturated carbocycles. The van der Waals surface area contributed by atoms with Crippen LogP contribution in [0.1, 0.15) is 25.8 Å². The van der Waals surface area contributed by atoms with Crippen LogP contribution in [0.5, 0.6) is 0 Å². The number of hydrogen-bond donors (Lipinski definition) is 2. The fraction of sp³-hybridized carbons (Fsp3) is 0.375. The predicted molar refractivity (Wildman–Crippen MR) is 98.5 cm³/mol. The Morgan fingerprint density at radius 1 is 1.12 bits per heavy atom. The molecule has 0 unspecified atom stereocenters. The molecular weight excluding hydrogens is 344 g/mol. The van der Waals surface area contributed by atoms with Crippen molar-refractivity contribution in [2.24, 2.45) is 5.92 Å². The second-order valence-electron chi connectivity index (χ2n) is 5.72. The topological polar surface area (TPSA) is 84.0 Å². The van der Waals surface area contributed by atoms with Gasteiger partial charge in [-0.2, -0.15) is 0 Å². The van der Waals surface area contributed by atoms with Crippen LogP contribution in [0, 0.1) is 12.8 Å². The highest BCUT2D eigenvalue weighted by atomic mass is 32.2. The minimum absolute atomic E-state index is 0.0742. The number of aromatic nitrogens is 2. The molecule has 0 spiro atoms. The van der Waals surface area contributed by atoms with Crippen LogP contribution in [0.4, 0.5) is 10.8 Å². The third-order valence-corrected chi connectivity index (χ3v) is 4.88. The van der Waals surface area contributed by atoms with Crippen LogP contribution in [-0.2, 0) is 9.59 Å². The lowest BCUT2D eigenvalue weighted by atomic mass is 10.1. The molecule has 24 heavy (non-hydrogen) atoms. The van der Waals surface area contributed by atoms with Gasteiger partial charge in [0.05, 0.1) is 5.75 Å². The van der Waals surface area contributed by atoms with E-state index >= 15 is 0 Å². The fourth-order valence-electron chi connectivity index (χ4n) is 1.82. The fourth-order valence-corrected chi connectivity index (χ4v) is 3.39. The van der Waals surface area contributed by atoms with Gasteiger partial charge in [-0.05, 0) is 25.0 Å². The van der Waals surface area contributed by atoms with Crippen molar-refractivity contribution in [2.45, 2.75) is 31.5 Å². The molecule has 0 saturated heterocycles. The van der Waals surface area contributed by atoms with E-state index in [1.807, 2.05) is 45.0 Å². The summed E-state index contributed by atoms with van der Waals surface area (Å²) in [6.45, 7) is 5.95. The zero-order chi connectivity index (χ0) is 17.5. The van der Waals surface area contributed by atoms with Gasteiger partial charge < -0.3 is 10.6 Å². The molecule has 0 radical (unpaired) electrons. The minimum atomic E-state index is -0.107. The lowest BCUT2D eigenvalue weighted by molar-refractivity contribution is -0.117. The molecule has 2 rings (SSSR count). The van der Waals surface area contributed by atoms with Crippen molar-refractivity contribution in [3.63, 3.8) is 0 Å². The summed E-state index contributed by atoms with van der Waals surface area (Å²) in [6, 6.07) is 7.62. The van der Waals surface area contributed by atoms with E-state index in [1.54, 1.807) is 0 Å². The molecule has 8 heteroatoms. The molecular formula is C16H20N4O2S2. The van der Waals surface area contributed by atoms with E-state index in [4.69, 9.17) is 0 Å². The van der Waals surface area contributed by atoms with Crippen molar-refractivity contribution < 1.29 is 9.59 Å². The maximum absolute atomic E-state index is 11.9. The number of carbonyl (C=O) groups is 2. The summed E-state index contributed by atoms with van der Waals surface area (Å²) >= 11 is 2.56. The number of nitrogens with one attached hydrogen (secondary N) is 2. The third-order valence-electron chi connectivity index (χ3n) is 2.91. The van der Waals surface area contributed by atoms with Crippen LogP contribution in [0.25, 0.3) is 0 Å². The molecule has 6 nitrogen and oxygen atoms in total. The quantitative estimate of drug-likeness (QED) is 0.580. The van der Waals surface area contributed by atoms with Gasteiger partial charge in [-0.1, -0.05) is 54.6 Å². The highest BCUT2D eigenvalue weighted by molar-refractivity contribution is 8.01. The van der Waals surface area contributed by atoms with Gasteiger partial charge in [0.25, 0.3) is 0 Å². The number of nitrogens with zero attached hydrogens (tertiary/aromatic N) is 2. The summed E-state index contributed by atoms with van der Waals surface area (Å²) in [5, 5.41) is 13.9. The smallest absolute Gasteiger partial charge is 0.234 e. The van der Waals surface area contributed by atoms with Gasteiger partial charge in [-0.25, -0.2) is 0 Å². The van der Waals surface area contributed by atoms with Crippen molar-refractivity contribution in [1.29, 1.82) is 0 Å². The predicted octanol–water partition coefficient (Wildman–Crippen LogP) is 3.56. The molecule has 128 valence electrons. The molecule has 1 heterocycles. The second-order valence-corrected chi connectivity index (χ2v) is 7.92. The van der Waals surface area contributed by atoms with Crippen LogP contribution >= 0.6 is 23.1 Å². The number of amides is 2. The first-order valence-electron chi connectivity index (χ1n) is 7.55. The second kappa shape index (κ2) is 8.79. The number of carbonyl (C=O) groups excluding carboxylic acids is 2. The van der Waals surface area contributed by atoms with E-state index in [0.717, 1.165) is 11.3 Å². The molecule has 2 N–H and O–H groups in total. The number of aryl methyl sites for hydroxylation is 1. The summed E-state index contributed by atoms with van der Waals surface area (Å²) in [5.74, 6) is 0.346. The Labute approximate surface area is 149 Å². The molecule has 0 aliphatic carbocycles. The van der Waals surface area contributed by atoms with E-state index in [2.05, 4.69) is 20.8 Å². The lowest BCUT2D eigenvalue weighted by Crippen LogP contribution is -2.13. The number of hydrogen-bond acceptors (Lipinski definition) is 6. The standard InChI is InChI=1S/C16H20N4O2S2/c1-10(2)8-13(21)18-15-19-20-16(24-15)23-9-14(22)17-12-6-4-11(3)5-7-12/h4-7,10H,8-9H2,1-3H3,(H,17,22)(H,18,19,21). The lowest BCUT2D eigenvalue weighted by Gasteiger charge is -2.04. The van der Waals surface area contributed by atoms with Gasteiger partial charge >= 0.3 is 0 Å². The molecule has 1 aromatic heterocycles. The van der Waals surface area contributed by atoms with E-state index < -0.39 is 0 Å². The molecule has 2 aromatic rings. The van der Waals surface area contributed by atoms with E-state index in [0.29, 0.717) is 15.9 Å². The third kappa shape index (κ3) is 6.29. The maximum Gasteiger partial charge on any atom is 0.234 e. The first-order valence-corrected chi connectivity index (χ1v) is 9.35. The Kier molecular flexibility index (Phi) is 6.74. The Hall–Kier alpha value is -1.93. The van der Waals surface area contributed by atoms with Crippen LogP contribution < -0.4 is 10.6 Å². The van der Waals surface area contributed by atoms with Gasteiger partial charge in [0.1, 0.15) is 0 Å². The Bertz CT molecular complexity index is 698. The summed E-state index contributed by atoms with van der Waals surface area (Å²) in [4.78, 5) is 23.6. The van der Waals surface area contributed by atoms with Gasteiger partial charge in [-0.15, -0.1) is 10.2 Å². The first kappa shape index (κ1) is 18.4. The number of rotatable bonds is 7. The van der Waals surface area contributed by atoms with Crippen molar-refractivity contribution in [1.82, 2.24) is 10.2 Å². The molecule has 0 bridgehead atoms. The summed E-state index contributed by atoms with van der Waals surface area (Å²) in [5.41, 5.74) is 1.91. The molecule has 0 atom stereocenters. The monoisotopic (exact) mass is 364 g/mol. The van der Waals surface area contributed by atoms with E-state index in [-0.39, 0.29) is 23.5 Å². The zero-order valence-corrected chi connectivity index (χ0v) is 15.5. The van der Waals surface area contributed by atoms with Gasteiger partial charge in [0.2, 0.25) is 16.9 Å². The first-order chi connectivity index (χ1) is 11.4. The van der Waals surface area contributed by atoms with E-state index in [1.165, 1.54) is 23.1 Å². The van der Waals surface area contributed by atoms with Crippen molar-refractivity contribution >= 4 is 45.7 Å². The Balaban J connectivity index is 1.79. The van der Waals surface area contributed by atoms with Gasteiger partial charge in [-0.3, -0.25) is 9.59 Å². The molecule has 1 aromatic carbocycles. The van der Waals surface area contributed by atoms with Crippen molar-refractivity contribution in [3.05, 3.63) is 29.8 Å². The van der Waals surface area contributed by atoms with Crippen LogP contribution in [-0.4, -0.2) is 27.8 Å². The average Bonchev–Trinajstić information content (AvgIpc) is 2.94. The van der Waals surface area contributed by atoms with Gasteiger partial charge in [0.15, 0.2) is 4.34 Å². The largest absolute Gasteiger partial charge is 0.325 e. The van der Waals surface area contributed by atoms with Crippen LogP contribution in [0.3, 0.4) is 0 Å². The molecule has 0 fully saturated rings. The average molecular weight is 364 g/mol. The van der Waals surface area contributed by atoms with Gasteiger partial charge in [0, 0.05) is 12.1 Å². The summed E-state index contributed by atoms with van der Waals surface area (Å²) < 4.78 is 0.647. The van der Waals surface area contributed by atoms with Crippen molar-refractivity contribution in [3.8, 4) is 0 Å². The molecule has 2 amide bonds. The van der Waals surface area contributed by atoms with Crippen LogP contribution in [0.15, 0.2) is 28.6 Å². The summed E-state index contributed by atoms with van der Waals surface area (Å²) in [6.07, 6.45) is 0.445. The van der Waals surface area contributed by atoms with E-state index in [9.17, 15) is 9.59 Å². The number of thioether (sulfide) groups is 1.